The SMILES string of the molecule is CN1CCC2(CCN(C(=O)CNC(=O)c3ccc(N(N)/C=C\N)cc3)CC2)C1. The van der Waals surface area contributed by atoms with Crippen LogP contribution in [0.15, 0.2) is 36.7 Å². The highest BCUT2D eigenvalue weighted by Crippen LogP contribution is 2.39. The topological polar surface area (TPSA) is 108 Å². The fourth-order valence-electron chi connectivity index (χ4n) is 4.13. The molecule has 8 heteroatoms. The highest BCUT2D eigenvalue weighted by atomic mass is 16.2. The van der Waals surface area contributed by atoms with Crippen LogP contribution in [0.3, 0.4) is 0 Å². The molecule has 5 N–H and O–H groups in total. The van der Waals surface area contributed by atoms with Gasteiger partial charge in [-0.2, -0.15) is 0 Å². The van der Waals surface area contributed by atoms with Crippen LogP contribution in [0, 0.1) is 5.41 Å². The average molecular weight is 387 g/mol. The Bertz CT molecular complexity index is 725. The van der Waals surface area contributed by atoms with Crippen LogP contribution in [0.5, 0.6) is 0 Å². The van der Waals surface area contributed by atoms with Gasteiger partial charge in [0.1, 0.15) is 0 Å². The van der Waals surface area contributed by atoms with Crippen LogP contribution in [0.25, 0.3) is 0 Å². The van der Waals surface area contributed by atoms with Gasteiger partial charge in [0, 0.05) is 37.6 Å². The number of amides is 2. The molecule has 2 aliphatic heterocycles. The summed E-state index contributed by atoms with van der Waals surface area (Å²) in [5.41, 5.74) is 6.87. The van der Waals surface area contributed by atoms with Crippen molar-refractivity contribution < 1.29 is 9.59 Å². The third-order valence-corrected chi connectivity index (χ3v) is 5.88. The molecule has 0 bridgehead atoms. The van der Waals surface area contributed by atoms with E-state index in [4.69, 9.17) is 11.6 Å². The predicted molar refractivity (Wildman–Crippen MR) is 109 cm³/mol. The summed E-state index contributed by atoms with van der Waals surface area (Å²) in [6.45, 7) is 3.85. The van der Waals surface area contributed by atoms with Gasteiger partial charge < -0.3 is 20.9 Å². The minimum absolute atomic E-state index is 0.0203. The molecule has 3 rings (SSSR count). The van der Waals surface area contributed by atoms with Crippen molar-refractivity contribution in [3.05, 3.63) is 42.2 Å². The maximum atomic E-state index is 12.5. The van der Waals surface area contributed by atoms with Gasteiger partial charge in [-0.15, -0.1) is 0 Å². The third kappa shape index (κ3) is 4.63. The summed E-state index contributed by atoms with van der Waals surface area (Å²) in [7, 11) is 2.16. The van der Waals surface area contributed by atoms with E-state index < -0.39 is 0 Å². The first-order chi connectivity index (χ1) is 13.4. The van der Waals surface area contributed by atoms with Crippen molar-refractivity contribution in [1.82, 2.24) is 15.1 Å². The maximum Gasteiger partial charge on any atom is 0.251 e. The van der Waals surface area contributed by atoms with Gasteiger partial charge in [0.05, 0.1) is 12.2 Å². The van der Waals surface area contributed by atoms with Crippen LogP contribution in [-0.2, 0) is 4.79 Å². The molecule has 0 radical (unpaired) electrons. The maximum absolute atomic E-state index is 12.5. The number of hydrazine groups is 1. The fourth-order valence-corrected chi connectivity index (χ4v) is 4.13. The minimum atomic E-state index is -0.274. The molecular weight excluding hydrogens is 356 g/mol. The molecule has 28 heavy (non-hydrogen) atoms. The van der Waals surface area contributed by atoms with E-state index in [1.165, 1.54) is 23.8 Å². The molecule has 0 atom stereocenters. The lowest BCUT2D eigenvalue weighted by Crippen LogP contribution is -2.47. The Morgan fingerprint density at radius 3 is 2.39 bits per heavy atom. The third-order valence-electron chi connectivity index (χ3n) is 5.88. The molecule has 0 unspecified atom stereocenters. The first kappa shape index (κ1) is 20.2. The molecule has 0 saturated carbocycles. The molecule has 2 amide bonds. The molecular formula is C20H30N6O2. The number of piperidine rings is 1. The van der Waals surface area contributed by atoms with E-state index in [2.05, 4.69) is 17.3 Å². The second-order valence-corrected chi connectivity index (χ2v) is 7.85. The number of likely N-dealkylation sites (tertiary alicyclic amines) is 2. The number of hydrogen-bond acceptors (Lipinski definition) is 6. The number of hydrogen-bond donors (Lipinski definition) is 3. The number of rotatable bonds is 5. The lowest BCUT2D eigenvalue weighted by atomic mass is 9.78. The minimum Gasteiger partial charge on any atom is -0.403 e. The molecule has 2 heterocycles. The van der Waals surface area contributed by atoms with E-state index in [1.807, 2.05) is 4.90 Å². The summed E-state index contributed by atoms with van der Waals surface area (Å²) in [4.78, 5) is 29.0. The van der Waals surface area contributed by atoms with Gasteiger partial charge in [-0.1, -0.05) is 0 Å². The van der Waals surface area contributed by atoms with Crippen molar-refractivity contribution in [2.75, 3.05) is 44.8 Å². The van der Waals surface area contributed by atoms with Gasteiger partial charge in [0.2, 0.25) is 5.91 Å². The van der Waals surface area contributed by atoms with Crippen LogP contribution in [-0.4, -0.2) is 61.4 Å². The number of nitrogens with one attached hydrogen (secondary N) is 1. The molecule has 1 spiro atoms. The van der Waals surface area contributed by atoms with Crippen molar-refractivity contribution in [3.63, 3.8) is 0 Å². The Morgan fingerprint density at radius 1 is 1.18 bits per heavy atom. The molecule has 0 aliphatic carbocycles. The van der Waals surface area contributed by atoms with Gasteiger partial charge in [0.25, 0.3) is 5.91 Å². The standard InChI is InChI=1S/C20H30N6O2/c1-24-10-6-20(15-24)7-11-25(12-8-20)18(27)14-23-19(28)16-2-4-17(5-3-16)26(22)13-9-21/h2-5,9,13H,6-8,10-12,14-15,21-22H2,1H3,(H,23,28)/b13-9-. The second-order valence-electron chi connectivity index (χ2n) is 7.85. The molecule has 1 aromatic carbocycles. The molecule has 2 fully saturated rings. The summed E-state index contributed by atoms with van der Waals surface area (Å²) in [5.74, 6) is 5.48. The molecule has 152 valence electrons. The number of nitrogens with zero attached hydrogens (tertiary/aromatic N) is 3. The number of carbonyl (C=O) groups is 2. The smallest absolute Gasteiger partial charge is 0.251 e. The number of carbonyl (C=O) groups excluding carboxylic acids is 2. The van der Waals surface area contributed by atoms with Gasteiger partial charge in [0.15, 0.2) is 0 Å². The van der Waals surface area contributed by atoms with Crippen LogP contribution >= 0.6 is 0 Å². The Morgan fingerprint density at radius 2 is 1.82 bits per heavy atom. The molecule has 2 saturated heterocycles. The Balaban J connectivity index is 1.46. The zero-order valence-electron chi connectivity index (χ0n) is 16.4. The fraction of sp³-hybridized carbons (Fsp3) is 0.500. The van der Waals surface area contributed by atoms with Gasteiger partial charge in [-0.25, -0.2) is 5.84 Å². The number of anilines is 1. The van der Waals surface area contributed by atoms with Crippen LogP contribution < -0.4 is 21.9 Å². The Kier molecular flexibility index (Phi) is 6.21. The second kappa shape index (κ2) is 8.62. The largest absolute Gasteiger partial charge is 0.403 e. The van der Waals surface area contributed by atoms with Crippen LogP contribution in [0.4, 0.5) is 5.69 Å². The lowest BCUT2D eigenvalue weighted by Gasteiger charge is -2.39. The predicted octanol–water partition coefficient (Wildman–Crippen LogP) is 0.471. The lowest BCUT2D eigenvalue weighted by molar-refractivity contribution is -0.132. The number of nitrogens with two attached hydrogens (primary N) is 2. The zero-order valence-corrected chi connectivity index (χ0v) is 16.4. The van der Waals surface area contributed by atoms with Gasteiger partial charge >= 0.3 is 0 Å². The molecule has 2 aliphatic rings. The van der Waals surface area contributed by atoms with Crippen molar-refractivity contribution >= 4 is 17.5 Å². The van der Waals surface area contributed by atoms with E-state index >= 15 is 0 Å². The van der Waals surface area contributed by atoms with Crippen molar-refractivity contribution in [2.45, 2.75) is 19.3 Å². The average Bonchev–Trinajstić information content (AvgIpc) is 3.06. The summed E-state index contributed by atoms with van der Waals surface area (Å²) in [6.07, 6.45) is 6.16. The first-order valence-electron chi connectivity index (χ1n) is 9.69. The van der Waals surface area contributed by atoms with Crippen LogP contribution in [0.1, 0.15) is 29.6 Å². The van der Waals surface area contributed by atoms with E-state index in [-0.39, 0.29) is 18.4 Å². The van der Waals surface area contributed by atoms with E-state index in [0.717, 1.165) is 39.0 Å². The van der Waals surface area contributed by atoms with Crippen molar-refractivity contribution in [2.24, 2.45) is 17.0 Å². The van der Waals surface area contributed by atoms with Crippen LogP contribution in [0.2, 0.25) is 0 Å². The van der Waals surface area contributed by atoms with E-state index in [0.29, 0.717) is 16.7 Å². The normalized spacial score (nSPS) is 19.3. The summed E-state index contributed by atoms with van der Waals surface area (Å²) >= 11 is 0. The van der Waals surface area contributed by atoms with E-state index in [1.54, 1.807) is 24.3 Å². The molecule has 0 aromatic heterocycles. The monoisotopic (exact) mass is 386 g/mol. The first-order valence-corrected chi connectivity index (χ1v) is 9.69. The highest BCUT2D eigenvalue weighted by Gasteiger charge is 2.40. The quantitative estimate of drug-likeness (QED) is 0.502. The highest BCUT2D eigenvalue weighted by molar-refractivity contribution is 5.96. The summed E-state index contributed by atoms with van der Waals surface area (Å²) < 4.78 is 0. The molecule has 1 aromatic rings. The van der Waals surface area contributed by atoms with Gasteiger partial charge in [-0.3, -0.25) is 14.6 Å². The summed E-state index contributed by atoms with van der Waals surface area (Å²) in [6, 6.07) is 6.78. The van der Waals surface area contributed by atoms with Crippen molar-refractivity contribution in [1.29, 1.82) is 0 Å². The van der Waals surface area contributed by atoms with Crippen molar-refractivity contribution in [3.8, 4) is 0 Å². The van der Waals surface area contributed by atoms with Gasteiger partial charge in [-0.05, 0) is 62.5 Å². The van der Waals surface area contributed by atoms with E-state index in [9.17, 15) is 9.59 Å². The number of benzene rings is 1. The summed E-state index contributed by atoms with van der Waals surface area (Å²) in [5, 5.41) is 4.08. The molecule has 8 nitrogen and oxygen atoms in total. The Hall–Kier alpha value is -2.58. The Labute approximate surface area is 166 Å². The zero-order chi connectivity index (χ0) is 20.1.